The van der Waals surface area contributed by atoms with Crippen molar-refractivity contribution in [3.63, 3.8) is 0 Å². The lowest BCUT2D eigenvalue weighted by atomic mass is 9.83. The molecule has 4 rings (SSSR count). The Balaban J connectivity index is 1.80. The van der Waals surface area contributed by atoms with Crippen molar-refractivity contribution < 1.29 is 43.2 Å². The zero-order chi connectivity index (χ0) is 32.6. The zero-order valence-corrected chi connectivity index (χ0v) is 27.3. The summed E-state index contributed by atoms with van der Waals surface area (Å²) in [4.78, 5) is 40.7. The number of anilines is 1. The molecule has 0 unspecified atom stereocenters. The Bertz CT molecular complexity index is 1350. The Morgan fingerprint density at radius 3 is 2.59 bits per heavy atom. The fourth-order valence-corrected chi connectivity index (χ4v) is 6.19. The first-order valence-corrected chi connectivity index (χ1v) is 15.1. The molecule has 3 aliphatic heterocycles. The van der Waals surface area contributed by atoms with E-state index in [4.69, 9.17) is 35.3 Å². The van der Waals surface area contributed by atoms with Gasteiger partial charge in [0, 0.05) is 26.5 Å². The van der Waals surface area contributed by atoms with Gasteiger partial charge in [0.2, 0.25) is 5.91 Å². The maximum Gasteiger partial charge on any atom is 0.409 e. The number of epoxide rings is 1. The fraction of sp³-hybridized carbons (Fsp3) is 0.594. The summed E-state index contributed by atoms with van der Waals surface area (Å²) in [5.74, 6) is -1.30. The molecule has 7 atom stereocenters. The summed E-state index contributed by atoms with van der Waals surface area (Å²) in [6, 6.07) is 3.63. The van der Waals surface area contributed by atoms with E-state index in [1.807, 2.05) is 32.1 Å². The van der Waals surface area contributed by atoms with Crippen LogP contribution in [0.5, 0.6) is 5.75 Å². The topological polar surface area (TPSA) is 136 Å². The average Bonchev–Trinajstić information content (AvgIpc) is 3.66. The number of esters is 1. The molecule has 3 aliphatic rings. The maximum absolute atomic E-state index is 13.8. The first kappa shape index (κ1) is 33.8. The van der Waals surface area contributed by atoms with Crippen LogP contribution in [0.15, 0.2) is 35.9 Å². The third kappa shape index (κ3) is 6.91. The number of carbonyl (C=O) groups is 3. The van der Waals surface area contributed by atoms with Gasteiger partial charge in [-0.2, -0.15) is 0 Å². The Kier molecular flexibility index (Phi) is 10.0. The van der Waals surface area contributed by atoms with Crippen molar-refractivity contribution in [2.45, 2.75) is 89.6 Å². The summed E-state index contributed by atoms with van der Waals surface area (Å²) < 4.78 is 28.8. The summed E-state index contributed by atoms with van der Waals surface area (Å²) in [7, 11) is 4.56. The van der Waals surface area contributed by atoms with Crippen molar-refractivity contribution in [2.75, 3.05) is 26.2 Å². The van der Waals surface area contributed by atoms with Gasteiger partial charge >= 0.3 is 12.1 Å². The Morgan fingerprint density at radius 1 is 1.25 bits per heavy atom. The lowest BCUT2D eigenvalue weighted by Gasteiger charge is -2.42. The molecule has 0 radical (unpaired) electrons. The van der Waals surface area contributed by atoms with Crippen LogP contribution in [-0.2, 0) is 35.0 Å². The molecule has 11 nitrogen and oxygen atoms in total. The summed E-state index contributed by atoms with van der Waals surface area (Å²) >= 11 is 6.68. The quantitative estimate of drug-likeness (QED) is 0.366. The first-order chi connectivity index (χ1) is 20.6. The summed E-state index contributed by atoms with van der Waals surface area (Å²) in [5, 5.41) is 14.4. The Morgan fingerprint density at radius 2 is 1.95 bits per heavy atom. The van der Waals surface area contributed by atoms with Crippen molar-refractivity contribution in [1.82, 2.24) is 5.32 Å². The second-order valence-corrected chi connectivity index (χ2v) is 12.8. The highest BCUT2D eigenvalue weighted by molar-refractivity contribution is 6.35. The first-order valence-electron chi connectivity index (χ1n) is 14.7. The van der Waals surface area contributed by atoms with Crippen molar-refractivity contribution in [3.8, 4) is 5.75 Å². The number of allylic oxidation sites excluding steroid dienone is 3. The second-order valence-electron chi connectivity index (χ2n) is 12.4. The number of carbonyl (C=O) groups excluding carboxylic acids is 3. The lowest BCUT2D eigenvalue weighted by molar-refractivity contribution is -0.157. The van der Waals surface area contributed by atoms with Gasteiger partial charge in [0.15, 0.2) is 5.72 Å². The molecule has 2 amide bonds. The third-order valence-electron chi connectivity index (χ3n) is 8.68. The number of aliphatic hydroxyl groups is 1. The highest BCUT2D eigenvalue weighted by Crippen LogP contribution is 2.49. The number of hydrogen-bond acceptors (Lipinski definition) is 9. The third-order valence-corrected chi connectivity index (χ3v) is 9.06. The SMILES string of the molecule is COc1cc2cc(c1Cl)N(C)C(=O)C[C@H](OC(=O)C(C)C)[C@]1(C)O[C@@H]1[C@@H](C)[C@H]1C[C@@](O)(NC(=O)O1)[C@H](OC)/C=C/C=C(/C)C2. The maximum atomic E-state index is 13.8. The Labute approximate surface area is 263 Å². The highest BCUT2D eigenvalue weighted by atomic mass is 35.5. The molecular weight excluding hydrogens is 592 g/mol. The number of ether oxygens (including phenoxy) is 5. The van der Waals surface area contributed by atoms with Crippen LogP contribution in [0.2, 0.25) is 5.02 Å². The van der Waals surface area contributed by atoms with Gasteiger partial charge in [-0.15, -0.1) is 0 Å². The van der Waals surface area contributed by atoms with E-state index < -0.39 is 59.6 Å². The van der Waals surface area contributed by atoms with Crippen molar-refractivity contribution >= 4 is 35.3 Å². The molecule has 2 fully saturated rings. The van der Waals surface area contributed by atoms with Gasteiger partial charge in [0.1, 0.15) is 34.7 Å². The lowest BCUT2D eigenvalue weighted by Crippen LogP contribution is -2.63. The van der Waals surface area contributed by atoms with Gasteiger partial charge in [-0.05, 0) is 38.0 Å². The minimum atomic E-state index is -1.77. The molecule has 0 saturated carbocycles. The largest absolute Gasteiger partial charge is 0.495 e. The molecule has 44 heavy (non-hydrogen) atoms. The molecule has 242 valence electrons. The number of alkyl carbamates (subject to hydrolysis) is 1. The van der Waals surface area contributed by atoms with E-state index >= 15 is 0 Å². The minimum absolute atomic E-state index is 0.00361. The van der Waals surface area contributed by atoms with E-state index in [9.17, 15) is 19.5 Å². The number of halogens is 1. The van der Waals surface area contributed by atoms with Crippen LogP contribution < -0.4 is 15.0 Å². The number of hydrogen-bond donors (Lipinski definition) is 2. The van der Waals surface area contributed by atoms with E-state index in [0.29, 0.717) is 17.9 Å². The normalized spacial score (nSPS) is 34.7. The number of benzene rings is 1. The van der Waals surface area contributed by atoms with Crippen LogP contribution in [0.3, 0.4) is 0 Å². The van der Waals surface area contributed by atoms with Gasteiger partial charge in [-0.3, -0.25) is 14.9 Å². The zero-order valence-electron chi connectivity index (χ0n) is 26.5. The van der Waals surface area contributed by atoms with Crippen LogP contribution in [0, 0.1) is 11.8 Å². The van der Waals surface area contributed by atoms with Gasteiger partial charge < -0.3 is 33.7 Å². The highest BCUT2D eigenvalue weighted by Gasteiger charge is 2.64. The summed E-state index contributed by atoms with van der Waals surface area (Å²) in [6.07, 6.45) is 1.65. The predicted molar refractivity (Wildman–Crippen MR) is 164 cm³/mol. The summed E-state index contributed by atoms with van der Waals surface area (Å²) in [6.45, 7) is 8.95. The molecule has 2 saturated heterocycles. The van der Waals surface area contributed by atoms with Crippen molar-refractivity contribution in [2.24, 2.45) is 11.8 Å². The molecule has 12 heteroatoms. The standard InChI is InChI=1S/C32H43ClN2O9/c1-17(2)29(37)43-25-15-26(36)35(6)21-13-20(14-22(40-7)27(21)33)12-18(3)10-9-11-24(41-8)32(39)16-23(42-30(38)34-32)19(4)28-31(25,5)44-28/h9-11,13-14,17,19,23-25,28,39H,12,15-16H2,1-8H3,(H,34,38)/b11-9+,18-10-/t19-,23+,24+,25-,28+,31-,32-/m0/s1. The van der Waals surface area contributed by atoms with E-state index in [1.54, 1.807) is 40.0 Å². The van der Waals surface area contributed by atoms with E-state index in [-0.39, 0.29) is 23.8 Å². The van der Waals surface area contributed by atoms with Gasteiger partial charge in [0.25, 0.3) is 0 Å². The van der Waals surface area contributed by atoms with Crippen LogP contribution in [0.4, 0.5) is 10.5 Å². The molecule has 0 aliphatic carbocycles. The van der Waals surface area contributed by atoms with Crippen molar-refractivity contribution in [3.05, 3.63) is 46.5 Å². The van der Waals surface area contributed by atoms with Crippen molar-refractivity contribution in [1.29, 1.82) is 0 Å². The smallest absolute Gasteiger partial charge is 0.409 e. The molecule has 3 heterocycles. The second kappa shape index (κ2) is 13.1. The number of nitrogens with zero attached hydrogens (tertiary/aromatic N) is 1. The van der Waals surface area contributed by atoms with Crippen LogP contribution >= 0.6 is 11.6 Å². The van der Waals surface area contributed by atoms with Crippen LogP contribution in [-0.4, -0.2) is 80.1 Å². The number of methoxy groups -OCH3 is 2. The van der Waals surface area contributed by atoms with E-state index in [1.165, 1.54) is 19.1 Å². The molecule has 2 N–H and O–H groups in total. The minimum Gasteiger partial charge on any atom is -0.495 e. The number of amides is 2. The number of nitrogens with one attached hydrogen (secondary N) is 1. The number of fused-ring (bicyclic) bond motifs is 5. The Hall–Kier alpha value is -3.12. The van der Waals surface area contributed by atoms with Gasteiger partial charge in [-0.1, -0.05) is 56.2 Å². The van der Waals surface area contributed by atoms with Gasteiger partial charge in [0.05, 0.1) is 31.2 Å². The van der Waals surface area contributed by atoms with Crippen LogP contribution in [0.25, 0.3) is 0 Å². The van der Waals surface area contributed by atoms with E-state index in [2.05, 4.69) is 5.32 Å². The van der Waals surface area contributed by atoms with Gasteiger partial charge in [-0.25, -0.2) is 4.79 Å². The predicted octanol–water partition coefficient (Wildman–Crippen LogP) is 4.32. The molecule has 1 aromatic rings. The molecule has 4 bridgehead atoms. The van der Waals surface area contributed by atoms with E-state index in [0.717, 1.165) is 11.1 Å². The monoisotopic (exact) mass is 634 g/mol. The number of rotatable bonds is 4. The summed E-state index contributed by atoms with van der Waals surface area (Å²) in [5.41, 5.74) is -0.587. The molecule has 0 spiro atoms. The fourth-order valence-electron chi connectivity index (χ4n) is 5.88. The van der Waals surface area contributed by atoms with Crippen LogP contribution in [0.1, 0.15) is 53.0 Å². The average molecular weight is 635 g/mol. The molecule has 1 aromatic carbocycles. The molecule has 0 aromatic heterocycles. The molecular formula is C32H43ClN2O9.